The van der Waals surface area contributed by atoms with Crippen molar-refractivity contribution in [2.75, 3.05) is 23.0 Å². The standard InChI is InChI=1S/C15H21FN2S/c1-11-10-19-7-6-18(11)15-5-2-13(16)8-12(15)9-17-14-3-4-14/h2,5,8,11,14,17H,3-4,6-7,9-10H2,1H3. The molecule has 2 nitrogen and oxygen atoms in total. The van der Waals surface area contributed by atoms with Crippen LogP contribution < -0.4 is 10.2 Å². The van der Waals surface area contributed by atoms with E-state index >= 15 is 0 Å². The number of hydrogen-bond donors (Lipinski definition) is 1. The van der Waals surface area contributed by atoms with Gasteiger partial charge in [0.15, 0.2) is 0 Å². The fourth-order valence-corrected chi connectivity index (χ4v) is 3.62. The van der Waals surface area contributed by atoms with Gasteiger partial charge in [-0.25, -0.2) is 4.39 Å². The van der Waals surface area contributed by atoms with E-state index in [9.17, 15) is 4.39 Å². The molecule has 3 rings (SSSR count). The molecule has 104 valence electrons. The Morgan fingerprint density at radius 1 is 1.42 bits per heavy atom. The summed E-state index contributed by atoms with van der Waals surface area (Å²) in [6.45, 7) is 4.11. The molecule has 2 aliphatic rings. The second-order valence-electron chi connectivity index (χ2n) is 5.55. The van der Waals surface area contributed by atoms with E-state index in [2.05, 4.69) is 17.1 Å². The maximum Gasteiger partial charge on any atom is 0.123 e. The summed E-state index contributed by atoms with van der Waals surface area (Å²) in [5.74, 6) is 2.19. The Bertz CT molecular complexity index is 448. The van der Waals surface area contributed by atoms with Crippen molar-refractivity contribution < 1.29 is 4.39 Å². The maximum atomic E-state index is 13.5. The number of rotatable bonds is 4. The van der Waals surface area contributed by atoms with Gasteiger partial charge in [-0.05, 0) is 43.5 Å². The Balaban J connectivity index is 1.80. The van der Waals surface area contributed by atoms with Crippen molar-refractivity contribution in [2.45, 2.75) is 38.4 Å². The van der Waals surface area contributed by atoms with Crippen molar-refractivity contribution in [3.05, 3.63) is 29.6 Å². The van der Waals surface area contributed by atoms with Gasteiger partial charge in [-0.2, -0.15) is 11.8 Å². The smallest absolute Gasteiger partial charge is 0.123 e. The van der Waals surface area contributed by atoms with Crippen LogP contribution >= 0.6 is 11.8 Å². The largest absolute Gasteiger partial charge is 0.367 e. The normalized spacial score (nSPS) is 23.7. The van der Waals surface area contributed by atoms with E-state index in [4.69, 9.17) is 0 Å². The first-order valence-corrected chi connectivity index (χ1v) is 8.25. The van der Waals surface area contributed by atoms with Gasteiger partial charge in [0.1, 0.15) is 5.82 Å². The van der Waals surface area contributed by atoms with E-state index < -0.39 is 0 Å². The fraction of sp³-hybridized carbons (Fsp3) is 0.600. The number of benzene rings is 1. The van der Waals surface area contributed by atoms with Crippen LogP contribution in [0.25, 0.3) is 0 Å². The predicted molar refractivity (Wildman–Crippen MR) is 80.4 cm³/mol. The van der Waals surface area contributed by atoms with Crippen LogP contribution in [-0.4, -0.2) is 30.1 Å². The molecule has 19 heavy (non-hydrogen) atoms. The third-order valence-corrected chi connectivity index (χ3v) is 5.07. The summed E-state index contributed by atoms with van der Waals surface area (Å²) < 4.78 is 13.5. The van der Waals surface area contributed by atoms with Crippen molar-refractivity contribution in [1.29, 1.82) is 0 Å². The topological polar surface area (TPSA) is 15.3 Å². The lowest BCUT2D eigenvalue weighted by Gasteiger charge is -2.36. The number of thioether (sulfide) groups is 1. The molecule has 0 radical (unpaired) electrons. The molecule has 4 heteroatoms. The van der Waals surface area contributed by atoms with Gasteiger partial charge in [0, 0.05) is 42.4 Å². The maximum absolute atomic E-state index is 13.5. The highest BCUT2D eigenvalue weighted by molar-refractivity contribution is 7.99. The molecule has 1 atom stereocenters. The van der Waals surface area contributed by atoms with Crippen molar-refractivity contribution in [3.63, 3.8) is 0 Å². The molecule has 0 aromatic heterocycles. The van der Waals surface area contributed by atoms with E-state index in [-0.39, 0.29) is 5.82 Å². The monoisotopic (exact) mass is 280 g/mol. The third-order valence-electron chi connectivity index (χ3n) is 3.88. The fourth-order valence-electron chi connectivity index (χ4n) is 2.60. The first-order chi connectivity index (χ1) is 9.24. The minimum atomic E-state index is -0.129. The molecule has 1 aliphatic heterocycles. The zero-order valence-electron chi connectivity index (χ0n) is 11.4. The highest BCUT2D eigenvalue weighted by atomic mass is 32.2. The van der Waals surface area contributed by atoms with E-state index in [0.717, 1.165) is 30.2 Å². The van der Waals surface area contributed by atoms with E-state index in [1.165, 1.54) is 18.5 Å². The number of nitrogens with zero attached hydrogens (tertiary/aromatic N) is 1. The summed E-state index contributed by atoms with van der Waals surface area (Å²) in [5.41, 5.74) is 2.31. The Morgan fingerprint density at radius 3 is 3.00 bits per heavy atom. The number of nitrogens with one attached hydrogen (secondary N) is 1. The van der Waals surface area contributed by atoms with Gasteiger partial charge in [0.05, 0.1) is 0 Å². The minimum absolute atomic E-state index is 0.129. The summed E-state index contributed by atoms with van der Waals surface area (Å²) in [6.07, 6.45) is 2.53. The average Bonchev–Trinajstić information content (AvgIpc) is 3.22. The first-order valence-electron chi connectivity index (χ1n) is 7.10. The van der Waals surface area contributed by atoms with E-state index in [1.807, 2.05) is 17.8 Å². The lowest BCUT2D eigenvalue weighted by molar-refractivity contribution is 0.615. The summed E-state index contributed by atoms with van der Waals surface area (Å²) in [5, 5.41) is 3.50. The molecular formula is C15H21FN2S. The molecule has 1 heterocycles. The second-order valence-corrected chi connectivity index (χ2v) is 6.70. The zero-order valence-corrected chi connectivity index (χ0v) is 12.2. The lowest BCUT2D eigenvalue weighted by atomic mass is 10.1. The molecule has 1 aromatic rings. The first kappa shape index (κ1) is 13.3. The van der Waals surface area contributed by atoms with Gasteiger partial charge in [-0.15, -0.1) is 0 Å². The van der Waals surface area contributed by atoms with E-state index in [1.54, 1.807) is 12.1 Å². The van der Waals surface area contributed by atoms with Crippen LogP contribution in [0.4, 0.5) is 10.1 Å². The summed E-state index contributed by atoms with van der Waals surface area (Å²) in [6, 6.07) is 6.42. The van der Waals surface area contributed by atoms with Gasteiger partial charge in [0.25, 0.3) is 0 Å². The number of halogens is 1. The van der Waals surface area contributed by atoms with Crippen molar-refractivity contribution in [1.82, 2.24) is 5.32 Å². The molecule has 0 spiro atoms. The molecule has 2 fully saturated rings. The molecular weight excluding hydrogens is 259 g/mol. The molecule has 0 bridgehead atoms. The van der Waals surface area contributed by atoms with Crippen LogP contribution in [0.5, 0.6) is 0 Å². The molecule has 1 saturated carbocycles. The van der Waals surface area contributed by atoms with Crippen LogP contribution in [-0.2, 0) is 6.54 Å². The quantitative estimate of drug-likeness (QED) is 0.912. The summed E-state index contributed by atoms with van der Waals surface area (Å²) in [7, 11) is 0. The van der Waals surface area contributed by atoms with Gasteiger partial charge in [-0.1, -0.05) is 0 Å². The minimum Gasteiger partial charge on any atom is -0.367 e. The van der Waals surface area contributed by atoms with Crippen LogP contribution in [0.3, 0.4) is 0 Å². The predicted octanol–water partition coefficient (Wildman–Crippen LogP) is 3.02. The molecule has 1 saturated heterocycles. The number of hydrogen-bond acceptors (Lipinski definition) is 3. The van der Waals surface area contributed by atoms with Gasteiger partial charge >= 0.3 is 0 Å². The second kappa shape index (κ2) is 5.71. The highest BCUT2D eigenvalue weighted by Gasteiger charge is 2.24. The third kappa shape index (κ3) is 3.23. The zero-order chi connectivity index (χ0) is 13.2. The van der Waals surface area contributed by atoms with Crippen molar-refractivity contribution >= 4 is 17.4 Å². The van der Waals surface area contributed by atoms with Crippen molar-refractivity contribution in [3.8, 4) is 0 Å². The van der Waals surface area contributed by atoms with Crippen molar-refractivity contribution in [2.24, 2.45) is 0 Å². The van der Waals surface area contributed by atoms with Gasteiger partial charge in [0.2, 0.25) is 0 Å². The summed E-state index contributed by atoms with van der Waals surface area (Å²) >= 11 is 2.01. The summed E-state index contributed by atoms with van der Waals surface area (Å²) in [4.78, 5) is 2.43. The Labute approximate surface area is 118 Å². The van der Waals surface area contributed by atoms with Crippen LogP contribution in [0, 0.1) is 5.82 Å². The lowest BCUT2D eigenvalue weighted by Crippen LogP contribution is -2.41. The molecule has 1 N–H and O–H groups in total. The van der Waals surface area contributed by atoms with E-state index in [0.29, 0.717) is 12.1 Å². The van der Waals surface area contributed by atoms with Gasteiger partial charge in [-0.3, -0.25) is 0 Å². The molecule has 1 aliphatic carbocycles. The molecule has 1 aromatic carbocycles. The van der Waals surface area contributed by atoms with Crippen LogP contribution in [0.1, 0.15) is 25.3 Å². The average molecular weight is 280 g/mol. The van der Waals surface area contributed by atoms with Crippen LogP contribution in [0.2, 0.25) is 0 Å². The van der Waals surface area contributed by atoms with Gasteiger partial charge < -0.3 is 10.2 Å². The SMILES string of the molecule is CC1CSCCN1c1ccc(F)cc1CNC1CC1. The molecule has 0 amide bonds. The molecule has 1 unspecified atom stereocenters. The Morgan fingerprint density at radius 2 is 2.26 bits per heavy atom. The van der Waals surface area contributed by atoms with Crippen LogP contribution in [0.15, 0.2) is 18.2 Å². The highest BCUT2D eigenvalue weighted by Crippen LogP contribution is 2.29. The number of anilines is 1. The Kier molecular flexibility index (Phi) is 3.99. The Hall–Kier alpha value is -0.740.